The first kappa shape index (κ1) is 15.9. The highest BCUT2D eigenvalue weighted by molar-refractivity contribution is 6.29. The molecule has 2 rings (SSSR count). The lowest BCUT2D eigenvalue weighted by Gasteiger charge is -2.22. The number of hydrogen-bond donors (Lipinski definition) is 1. The van der Waals surface area contributed by atoms with Crippen LogP contribution in [-0.2, 0) is 0 Å². The Kier molecular flexibility index (Phi) is 5.32. The molecule has 0 bridgehead atoms. The van der Waals surface area contributed by atoms with Gasteiger partial charge in [0.1, 0.15) is 5.75 Å². The second-order valence-electron chi connectivity index (χ2n) is 5.22. The maximum atomic E-state index is 6.18. The Balaban J connectivity index is 2.46. The third kappa shape index (κ3) is 3.42. The Bertz CT molecular complexity index is 607. The Morgan fingerprint density at radius 1 is 1.24 bits per heavy atom. The molecule has 0 aliphatic heterocycles. The van der Waals surface area contributed by atoms with E-state index in [1.165, 1.54) is 11.1 Å². The SMILES string of the molecule is CCCNC(c1cc(C)c(OC)cc1C)c1ccoc1Cl. The maximum Gasteiger partial charge on any atom is 0.198 e. The monoisotopic (exact) mass is 307 g/mol. The van der Waals surface area contributed by atoms with Crippen LogP contribution < -0.4 is 10.1 Å². The van der Waals surface area contributed by atoms with Crippen LogP contribution in [0.4, 0.5) is 0 Å². The molecule has 1 aromatic heterocycles. The summed E-state index contributed by atoms with van der Waals surface area (Å²) in [6.07, 6.45) is 2.68. The molecule has 0 aliphatic carbocycles. The minimum atomic E-state index is 0.0285. The predicted octanol–water partition coefficient (Wildman–Crippen LogP) is 4.65. The summed E-state index contributed by atoms with van der Waals surface area (Å²) in [4.78, 5) is 0. The number of ether oxygens (including phenoxy) is 1. The lowest BCUT2D eigenvalue weighted by molar-refractivity contribution is 0.411. The fraction of sp³-hybridized carbons (Fsp3) is 0.412. The van der Waals surface area contributed by atoms with Crippen LogP contribution in [0.2, 0.25) is 5.22 Å². The minimum Gasteiger partial charge on any atom is -0.496 e. The molecule has 1 heterocycles. The normalized spacial score (nSPS) is 12.4. The summed E-state index contributed by atoms with van der Waals surface area (Å²) < 4.78 is 10.7. The summed E-state index contributed by atoms with van der Waals surface area (Å²) in [5, 5.41) is 3.99. The van der Waals surface area contributed by atoms with Gasteiger partial charge in [-0.2, -0.15) is 0 Å². The molecular formula is C17H22ClNO2. The van der Waals surface area contributed by atoms with E-state index in [4.69, 9.17) is 20.8 Å². The van der Waals surface area contributed by atoms with E-state index in [1.54, 1.807) is 13.4 Å². The van der Waals surface area contributed by atoms with E-state index in [0.29, 0.717) is 5.22 Å². The Hall–Kier alpha value is -1.45. The van der Waals surface area contributed by atoms with Crippen molar-refractivity contribution < 1.29 is 9.15 Å². The largest absolute Gasteiger partial charge is 0.496 e. The van der Waals surface area contributed by atoms with Gasteiger partial charge in [0, 0.05) is 5.56 Å². The van der Waals surface area contributed by atoms with Gasteiger partial charge in [-0.25, -0.2) is 0 Å². The summed E-state index contributed by atoms with van der Waals surface area (Å²) >= 11 is 6.18. The van der Waals surface area contributed by atoms with Crippen molar-refractivity contribution in [3.63, 3.8) is 0 Å². The van der Waals surface area contributed by atoms with E-state index in [2.05, 4.69) is 38.2 Å². The predicted molar refractivity (Wildman–Crippen MR) is 86.3 cm³/mol. The summed E-state index contributed by atoms with van der Waals surface area (Å²) in [6.45, 7) is 7.20. The van der Waals surface area contributed by atoms with Crippen molar-refractivity contribution in [2.45, 2.75) is 33.2 Å². The number of rotatable bonds is 6. The molecule has 0 fully saturated rings. The van der Waals surface area contributed by atoms with Crippen LogP contribution in [0.5, 0.6) is 5.75 Å². The highest BCUT2D eigenvalue weighted by atomic mass is 35.5. The summed E-state index contributed by atoms with van der Waals surface area (Å²) in [7, 11) is 1.70. The highest BCUT2D eigenvalue weighted by Gasteiger charge is 2.21. The van der Waals surface area contributed by atoms with Gasteiger partial charge >= 0.3 is 0 Å². The van der Waals surface area contributed by atoms with E-state index in [0.717, 1.165) is 29.8 Å². The van der Waals surface area contributed by atoms with Gasteiger partial charge in [0.05, 0.1) is 19.4 Å². The Morgan fingerprint density at radius 2 is 2.00 bits per heavy atom. The van der Waals surface area contributed by atoms with Gasteiger partial charge in [-0.1, -0.05) is 13.0 Å². The number of methoxy groups -OCH3 is 1. The van der Waals surface area contributed by atoms with Crippen LogP contribution in [0.1, 0.15) is 41.6 Å². The minimum absolute atomic E-state index is 0.0285. The number of hydrogen-bond acceptors (Lipinski definition) is 3. The molecule has 21 heavy (non-hydrogen) atoms. The quantitative estimate of drug-likeness (QED) is 0.843. The molecule has 0 spiro atoms. The van der Waals surface area contributed by atoms with Crippen molar-refractivity contribution in [3.8, 4) is 5.75 Å². The van der Waals surface area contributed by atoms with Gasteiger partial charge in [-0.05, 0) is 67.2 Å². The van der Waals surface area contributed by atoms with Crippen LogP contribution in [0, 0.1) is 13.8 Å². The first-order valence-corrected chi connectivity index (χ1v) is 7.57. The summed E-state index contributed by atoms with van der Waals surface area (Å²) in [5.74, 6) is 0.906. The molecule has 0 saturated carbocycles. The van der Waals surface area contributed by atoms with Crippen molar-refractivity contribution in [3.05, 3.63) is 51.9 Å². The van der Waals surface area contributed by atoms with Gasteiger partial charge in [-0.15, -0.1) is 0 Å². The zero-order valence-corrected chi connectivity index (χ0v) is 13.8. The van der Waals surface area contributed by atoms with Crippen molar-refractivity contribution >= 4 is 11.6 Å². The molecule has 114 valence electrons. The van der Waals surface area contributed by atoms with Gasteiger partial charge < -0.3 is 14.5 Å². The first-order valence-electron chi connectivity index (χ1n) is 7.19. The van der Waals surface area contributed by atoms with Crippen LogP contribution in [-0.4, -0.2) is 13.7 Å². The lowest BCUT2D eigenvalue weighted by atomic mass is 9.94. The molecular weight excluding hydrogens is 286 g/mol. The van der Waals surface area contributed by atoms with Gasteiger partial charge in [0.25, 0.3) is 0 Å². The number of halogens is 1. The third-order valence-electron chi connectivity index (χ3n) is 3.65. The van der Waals surface area contributed by atoms with E-state index in [-0.39, 0.29) is 6.04 Å². The molecule has 4 heteroatoms. The average molecular weight is 308 g/mol. The van der Waals surface area contributed by atoms with Crippen LogP contribution in [0.3, 0.4) is 0 Å². The fourth-order valence-corrected chi connectivity index (χ4v) is 2.75. The Morgan fingerprint density at radius 3 is 2.57 bits per heavy atom. The molecule has 0 aliphatic rings. The molecule has 3 nitrogen and oxygen atoms in total. The standard InChI is InChI=1S/C17H22ClNO2/c1-5-7-19-16(13-6-8-21-17(13)18)14-9-12(3)15(20-4)10-11(14)2/h6,8-10,16,19H,5,7H2,1-4H3. The van der Waals surface area contributed by atoms with E-state index >= 15 is 0 Å². The maximum absolute atomic E-state index is 6.18. The zero-order chi connectivity index (χ0) is 15.4. The highest BCUT2D eigenvalue weighted by Crippen LogP contribution is 2.33. The summed E-state index contributed by atoms with van der Waals surface area (Å²) in [5.41, 5.74) is 4.45. The van der Waals surface area contributed by atoms with Crippen molar-refractivity contribution in [1.82, 2.24) is 5.32 Å². The molecule has 0 saturated heterocycles. The lowest BCUT2D eigenvalue weighted by Crippen LogP contribution is -2.24. The van der Waals surface area contributed by atoms with Crippen LogP contribution in [0.15, 0.2) is 28.9 Å². The van der Waals surface area contributed by atoms with Gasteiger partial charge in [0.2, 0.25) is 0 Å². The van der Waals surface area contributed by atoms with Crippen molar-refractivity contribution in [2.24, 2.45) is 0 Å². The van der Waals surface area contributed by atoms with Gasteiger partial charge in [-0.3, -0.25) is 0 Å². The van der Waals surface area contributed by atoms with Crippen molar-refractivity contribution in [2.75, 3.05) is 13.7 Å². The average Bonchev–Trinajstić information content (AvgIpc) is 2.88. The topological polar surface area (TPSA) is 34.4 Å². The Labute approximate surface area is 131 Å². The molecule has 1 aromatic carbocycles. The number of aryl methyl sites for hydroxylation is 2. The smallest absolute Gasteiger partial charge is 0.198 e. The van der Waals surface area contributed by atoms with Gasteiger partial charge in [0.15, 0.2) is 5.22 Å². The number of furan rings is 1. The van der Waals surface area contributed by atoms with Crippen LogP contribution >= 0.6 is 11.6 Å². The number of benzene rings is 1. The molecule has 1 unspecified atom stereocenters. The first-order chi connectivity index (χ1) is 10.1. The fourth-order valence-electron chi connectivity index (χ4n) is 2.53. The molecule has 0 amide bonds. The van der Waals surface area contributed by atoms with Crippen LogP contribution in [0.25, 0.3) is 0 Å². The summed E-state index contributed by atoms with van der Waals surface area (Å²) in [6, 6.07) is 6.18. The van der Waals surface area contributed by atoms with Crippen molar-refractivity contribution in [1.29, 1.82) is 0 Å². The third-order valence-corrected chi connectivity index (χ3v) is 3.96. The molecule has 0 radical (unpaired) electrons. The molecule has 1 N–H and O–H groups in total. The van der Waals surface area contributed by atoms with E-state index in [9.17, 15) is 0 Å². The second kappa shape index (κ2) is 7.01. The second-order valence-corrected chi connectivity index (χ2v) is 5.56. The molecule has 2 aromatic rings. The van der Waals surface area contributed by atoms with E-state index < -0.39 is 0 Å². The zero-order valence-electron chi connectivity index (χ0n) is 13.0. The van der Waals surface area contributed by atoms with E-state index in [1.807, 2.05) is 6.07 Å². The molecule has 1 atom stereocenters. The number of nitrogens with one attached hydrogen (secondary N) is 1.